The standard InChI is InChI=1S/C13H17N5O2S/c1-15-12(20)10-4-8(14)6-18(10)11(19)5-9-7-17-2-3-21-13(17)16-9/h2-3,7-8,10H,4-6,14H2,1H3,(H,15,20)/t8-,10-/m0/s1. The van der Waals surface area contributed by atoms with Crippen molar-refractivity contribution in [3.8, 4) is 0 Å². The van der Waals surface area contributed by atoms with Gasteiger partial charge in [-0.25, -0.2) is 4.98 Å². The Labute approximate surface area is 125 Å². The third kappa shape index (κ3) is 2.64. The number of nitrogens with zero attached hydrogens (tertiary/aromatic N) is 3. The predicted octanol–water partition coefficient (Wildman–Crippen LogP) is -0.387. The maximum atomic E-state index is 12.4. The second-order valence-electron chi connectivity index (χ2n) is 5.17. The van der Waals surface area contributed by atoms with Crippen LogP contribution >= 0.6 is 11.3 Å². The molecule has 2 amide bonds. The number of likely N-dealkylation sites (N-methyl/N-ethyl adjacent to an activating group) is 1. The average molecular weight is 307 g/mol. The monoisotopic (exact) mass is 307 g/mol. The number of hydrogen-bond donors (Lipinski definition) is 2. The summed E-state index contributed by atoms with van der Waals surface area (Å²) in [5.41, 5.74) is 6.60. The van der Waals surface area contributed by atoms with Crippen LogP contribution in [0.3, 0.4) is 0 Å². The largest absolute Gasteiger partial charge is 0.357 e. The molecule has 112 valence electrons. The van der Waals surface area contributed by atoms with E-state index in [1.807, 2.05) is 22.2 Å². The summed E-state index contributed by atoms with van der Waals surface area (Å²) in [7, 11) is 1.57. The predicted molar refractivity (Wildman–Crippen MR) is 78.9 cm³/mol. The van der Waals surface area contributed by atoms with Crippen molar-refractivity contribution in [3.05, 3.63) is 23.5 Å². The number of thiazole rings is 1. The Morgan fingerprint density at radius 1 is 1.57 bits per heavy atom. The van der Waals surface area contributed by atoms with Crippen LogP contribution in [0.25, 0.3) is 4.96 Å². The highest BCUT2D eigenvalue weighted by Crippen LogP contribution is 2.19. The zero-order valence-electron chi connectivity index (χ0n) is 11.7. The molecule has 3 heterocycles. The lowest BCUT2D eigenvalue weighted by atomic mass is 10.1. The SMILES string of the molecule is CNC(=O)[C@@H]1C[C@H](N)CN1C(=O)Cc1cn2ccsc2n1. The van der Waals surface area contributed by atoms with Gasteiger partial charge in [0.05, 0.1) is 12.1 Å². The third-order valence-corrected chi connectivity index (χ3v) is 4.45. The fourth-order valence-electron chi connectivity index (χ4n) is 2.68. The Bertz CT molecular complexity index is 650. The van der Waals surface area contributed by atoms with Gasteiger partial charge in [-0.1, -0.05) is 0 Å². The number of likely N-dealkylation sites (tertiary alicyclic amines) is 1. The van der Waals surface area contributed by atoms with Crippen LogP contribution in [-0.4, -0.2) is 51.8 Å². The number of fused-ring (bicyclic) bond motifs is 1. The van der Waals surface area contributed by atoms with E-state index < -0.39 is 6.04 Å². The molecule has 1 saturated heterocycles. The molecule has 0 unspecified atom stereocenters. The normalized spacial score (nSPS) is 21.9. The Balaban J connectivity index is 1.74. The number of nitrogens with two attached hydrogens (primary N) is 1. The molecule has 2 aromatic heterocycles. The van der Waals surface area contributed by atoms with Crippen LogP contribution < -0.4 is 11.1 Å². The number of nitrogens with one attached hydrogen (secondary N) is 1. The summed E-state index contributed by atoms with van der Waals surface area (Å²) < 4.78 is 1.89. The molecule has 3 N–H and O–H groups in total. The Morgan fingerprint density at radius 3 is 3.10 bits per heavy atom. The van der Waals surface area contributed by atoms with E-state index in [4.69, 9.17) is 5.73 Å². The van der Waals surface area contributed by atoms with E-state index in [0.29, 0.717) is 18.7 Å². The van der Waals surface area contributed by atoms with Crippen LogP contribution in [0.4, 0.5) is 0 Å². The minimum Gasteiger partial charge on any atom is -0.357 e. The van der Waals surface area contributed by atoms with Crippen molar-refractivity contribution >= 4 is 28.1 Å². The molecule has 0 aromatic carbocycles. The van der Waals surface area contributed by atoms with Gasteiger partial charge in [0.25, 0.3) is 0 Å². The minimum atomic E-state index is -0.471. The van der Waals surface area contributed by atoms with E-state index in [0.717, 1.165) is 4.96 Å². The highest BCUT2D eigenvalue weighted by molar-refractivity contribution is 7.15. The molecule has 1 aliphatic rings. The number of imidazole rings is 1. The van der Waals surface area contributed by atoms with Crippen molar-refractivity contribution in [3.63, 3.8) is 0 Å². The molecule has 0 radical (unpaired) electrons. The summed E-state index contributed by atoms with van der Waals surface area (Å²) in [5.74, 6) is -0.274. The van der Waals surface area contributed by atoms with Crippen LogP contribution in [0.2, 0.25) is 0 Å². The van der Waals surface area contributed by atoms with Crippen molar-refractivity contribution < 1.29 is 9.59 Å². The summed E-state index contributed by atoms with van der Waals surface area (Å²) in [4.78, 5) is 31.1. The molecule has 2 aromatic rings. The summed E-state index contributed by atoms with van der Waals surface area (Å²) in [6.07, 6.45) is 4.44. The summed E-state index contributed by atoms with van der Waals surface area (Å²) in [5, 5.41) is 4.53. The van der Waals surface area contributed by atoms with Gasteiger partial charge in [0.15, 0.2) is 4.96 Å². The van der Waals surface area contributed by atoms with Crippen molar-refractivity contribution in [1.29, 1.82) is 0 Å². The number of rotatable bonds is 3. The van der Waals surface area contributed by atoms with Gasteiger partial charge >= 0.3 is 0 Å². The summed E-state index contributed by atoms with van der Waals surface area (Å²) in [6.45, 7) is 0.416. The Hall–Kier alpha value is -1.93. The van der Waals surface area contributed by atoms with Gasteiger partial charge in [-0.05, 0) is 6.42 Å². The van der Waals surface area contributed by atoms with Gasteiger partial charge in [0.1, 0.15) is 6.04 Å². The second kappa shape index (κ2) is 5.45. The lowest BCUT2D eigenvalue weighted by Crippen LogP contribution is -2.45. The first kappa shape index (κ1) is 14.0. The van der Waals surface area contributed by atoms with Crippen molar-refractivity contribution in [2.75, 3.05) is 13.6 Å². The molecule has 1 aliphatic heterocycles. The molecule has 1 fully saturated rings. The smallest absolute Gasteiger partial charge is 0.242 e. The maximum Gasteiger partial charge on any atom is 0.242 e. The highest BCUT2D eigenvalue weighted by atomic mass is 32.1. The van der Waals surface area contributed by atoms with Gasteiger partial charge < -0.3 is 16.0 Å². The molecular formula is C13H17N5O2S. The Morgan fingerprint density at radius 2 is 2.38 bits per heavy atom. The van der Waals surface area contributed by atoms with Crippen LogP contribution in [0.15, 0.2) is 17.8 Å². The van der Waals surface area contributed by atoms with Crippen LogP contribution in [0.5, 0.6) is 0 Å². The van der Waals surface area contributed by atoms with Gasteiger partial charge in [0, 0.05) is 37.4 Å². The van der Waals surface area contributed by atoms with E-state index in [1.54, 1.807) is 11.9 Å². The molecule has 0 saturated carbocycles. The van der Waals surface area contributed by atoms with E-state index in [-0.39, 0.29) is 24.3 Å². The number of carbonyl (C=O) groups is 2. The molecule has 8 heteroatoms. The van der Waals surface area contributed by atoms with Crippen molar-refractivity contribution in [2.24, 2.45) is 5.73 Å². The fourth-order valence-corrected chi connectivity index (χ4v) is 3.40. The third-order valence-electron chi connectivity index (χ3n) is 3.68. The highest BCUT2D eigenvalue weighted by Gasteiger charge is 2.37. The molecular weight excluding hydrogens is 290 g/mol. The minimum absolute atomic E-state index is 0.109. The zero-order chi connectivity index (χ0) is 15.0. The van der Waals surface area contributed by atoms with E-state index in [1.165, 1.54) is 11.3 Å². The van der Waals surface area contributed by atoms with E-state index in [2.05, 4.69) is 10.3 Å². The fraction of sp³-hybridized carbons (Fsp3) is 0.462. The first-order valence-electron chi connectivity index (χ1n) is 6.76. The molecule has 7 nitrogen and oxygen atoms in total. The van der Waals surface area contributed by atoms with Gasteiger partial charge in [0.2, 0.25) is 11.8 Å². The van der Waals surface area contributed by atoms with Crippen LogP contribution in [0, 0.1) is 0 Å². The number of hydrogen-bond acceptors (Lipinski definition) is 5. The first-order valence-corrected chi connectivity index (χ1v) is 7.64. The van der Waals surface area contributed by atoms with Crippen LogP contribution in [-0.2, 0) is 16.0 Å². The number of carbonyl (C=O) groups excluding carboxylic acids is 2. The molecule has 0 spiro atoms. The summed E-state index contributed by atoms with van der Waals surface area (Å²) >= 11 is 1.52. The van der Waals surface area contributed by atoms with E-state index in [9.17, 15) is 9.59 Å². The maximum absolute atomic E-state index is 12.4. The van der Waals surface area contributed by atoms with Gasteiger partial charge in [-0.15, -0.1) is 11.3 Å². The molecule has 21 heavy (non-hydrogen) atoms. The Kier molecular flexibility index (Phi) is 3.64. The molecule has 3 rings (SSSR count). The quantitative estimate of drug-likeness (QED) is 0.808. The molecule has 0 aliphatic carbocycles. The zero-order valence-corrected chi connectivity index (χ0v) is 12.5. The van der Waals surface area contributed by atoms with Crippen LogP contribution in [0.1, 0.15) is 12.1 Å². The first-order chi connectivity index (χ1) is 10.1. The van der Waals surface area contributed by atoms with Gasteiger partial charge in [-0.2, -0.15) is 0 Å². The average Bonchev–Trinajstić information content (AvgIpc) is 3.11. The topological polar surface area (TPSA) is 92.7 Å². The number of aromatic nitrogens is 2. The molecule has 2 atom stereocenters. The van der Waals surface area contributed by atoms with E-state index >= 15 is 0 Å². The number of amides is 2. The van der Waals surface area contributed by atoms with Crippen molar-refractivity contribution in [1.82, 2.24) is 19.6 Å². The lowest BCUT2D eigenvalue weighted by Gasteiger charge is -2.22. The summed E-state index contributed by atoms with van der Waals surface area (Å²) in [6, 6.07) is -0.622. The van der Waals surface area contributed by atoms with Crippen molar-refractivity contribution in [2.45, 2.75) is 24.9 Å². The molecule has 0 bridgehead atoms. The lowest BCUT2D eigenvalue weighted by molar-refractivity contribution is -0.137. The second-order valence-corrected chi connectivity index (χ2v) is 6.05. The van der Waals surface area contributed by atoms with Gasteiger partial charge in [-0.3, -0.25) is 14.0 Å².